The van der Waals surface area contributed by atoms with Crippen LogP contribution in [0.25, 0.3) is 0 Å². The van der Waals surface area contributed by atoms with Crippen molar-refractivity contribution >= 4 is 6.29 Å². The Labute approximate surface area is 93.1 Å². The predicted molar refractivity (Wildman–Crippen MR) is 57.8 cm³/mol. The quantitative estimate of drug-likeness (QED) is 0.774. The third-order valence-corrected chi connectivity index (χ3v) is 2.51. The molecule has 1 atom stereocenters. The third kappa shape index (κ3) is 1.52. The van der Waals surface area contributed by atoms with E-state index in [1.165, 1.54) is 13.2 Å². The molecule has 2 rings (SSSR count). The lowest BCUT2D eigenvalue weighted by molar-refractivity contribution is -0.108. The van der Waals surface area contributed by atoms with Crippen LogP contribution < -0.4 is 9.47 Å². The molecule has 1 aromatic rings. The van der Waals surface area contributed by atoms with Crippen molar-refractivity contribution < 1.29 is 19.4 Å². The first kappa shape index (κ1) is 10.5. The number of allylic oxidation sites excluding steroid dienone is 2. The zero-order valence-electron chi connectivity index (χ0n) is 9.06. The lowest BCUT2D eigenvalue weighted by Gasteiger charge is -2.22. The number of hydrogen-bond donors (Lipinski definition) is 1. The van der Waals surface area contributed by atoms with E-state index >= 15 is 0 Å². The van der Waals surface area contributed by atoms with Crippen LogP contribution in [0.15, 0.2) is 24.0 Å². The molecule has 0 fully saturated rings. The van der Waals surface area contributed by atoms with Crippen LogP contribution in [0.5, 0.6) is 17.2 Å². The van der Waals surface area contributed by atoms with Gasteiger partial charge in [0.1, 0.15) is 12.0 Å². The number of carbonyl (C=O) groups excluding carboxylic acids is 1. The van der Waals surface area contributed by atoms with Crippen molar-refractivity contribution in [1.82, 2.24) is 0 Å². The molecule has 1 heterocycles. The van der Waals surface area contributed by atoms with Crippen molar-refractivity contribution in [2.24, 2.45) is 0 Å². The number of ether oxygens (including phenoxy) is 2. The van der Waals surface area contributed by atoms with Gasteiger partial charge >= 0.3 is 0 Å². The van der Waals surface area contributed by atoms with Crippen LogP contribution in [0, 0.1) is 0 Å². The van der Waals surface area contributed by atoms with Gasteiger partial charge in [0.2, 0.25) is 0 Å². The maximum Gasteiger partial charge on any atom is 0.176 e. The Morgan fingerprint density at radius 1 is 1.50 bits per heavy atom. The molecule has 4 nitrogen and oxygen atoms in total. The Morgan fingerprint density at radius 3 is 2.88 bits per heavy atom. The molecule has 0 saturated heterocycles. The van der Waals surface area contributed by atoms with Crippen LogP contribution >= 0.6 is 0 Å². The van der Waals surface area contributed by atoms with Crippen LogP contribution in [-0.2, 0) is 4.79 Å². The fraction of sp³-hybridized carbons (Fsp3) is 0.250. The molecule has 0 amide bonds. The maximum atomic E-state index is 11.0. The molecular formula is C12H12O4. The molecule has 1 N–H and O–H groups in total. The largest absolute Gasteiger partial charge is 0.507 e. The molecule has 0 saturated carbocycles. The second-order valence-electron chi connectivity index (χ2n) is 3.57. The number of rotatable bonds is 2. The first-order valence-corrected chi connectivity index (χ1v) is 4.88. The molecule has 16 heavy (non-hydrogen) atoms. The van der Waals surface area contributed by atoms with Crippen LogP contribution in [0.3, 0.4) is 0 Å². The van der Waals surface area contributed by atoms with Crippen molar-refractivity contribution in [2.75, 3.05) is 7.11 Å². The normalized spacial score (nSPS) is 18.1. The smallest absolute Gasteiger partial charge is 0.176 e. The number of benzene rings is 1. The van der Waals surface area contributed by atoms with E-state index in [2.05, 4.69) is 0 Å². The number of aldehydes is 1. The van der Waals surface area contributed by atoms with E-state index in [1.807, 2.05) is 0 Å². The van der Waals surface area contributed by atoms with Gasteiger partial charge in [0.05, 0.1) is 24.4 Å². The molecule has 0 spiro atoms. The number of phenols is 1. The first-order chi connectivity index (χ1) is 7.67. The van der Waals surface area contributed by atoms with E-state index in [0.717, 1.165) is 6.29 Å². The summed E-state index contributed by atoms with van der Waals surface area (Å²) < 4.78 is 10.6. The zero-order chi connectivity index (χ0) is 11.7. The second kappa shape index (κ2) is 3.89. The Hall–Kier alpha value is -1.97. The lowest BCUT2D eigenvalue weighted by atomic mass is 9.95. The number of hydrogen-bond acceptors (Lipinski definition) is 4. The van der Waals surface area contributed by atoms with Crippen LogP contribution in [0.4, 0.5) is 0 Å². The predicted octanol–water partition coefficient (Wildman–Crippen LogP) is 1.98. The van der Waals surface area contributed by atoms with Gasteiger partial charge in [-0.15, -0.1) is 0 Å². The summed E-state index contributed by atoms with van der Waals surface area (Å²) >= 11 is 0. The van der Waals surface area contributed by atoms with Gasteiger partial charge in [0, 0.05) is 0 Å². The summed E-state index contributed by atoms with van der Waals surface area (Å²) in [4.78, 5) is 11.0. The van der Waals surface area contributed by atoms with Gasteiger partial charge in [-0.05, 0) is 25.1 Å². The Bertz CT molecular complexity index is 462. The fourth-order valence-corrected chi connectivity index (χ4v) is 1.80. The molecule has 0 aliphatic carbocycles. The summed E-state index contributed by atoms with van der Waals surface area (Å²) in [7, 11) is 1.51. The standard InChI is InChI=1S/C12H12O4/c1-7-5-8(6-13)11-9(14)3-4-10(15-2)12(11)16-7/h3-6,8,14H,1-2H3. The number of aromatic hydroxyl groups is 1. The molecule has 1 aliphatic heterocycles. The topological polar surface area (TPSA) is 55.8 Å². The summed E-state index contributed by atoms with van der Waals surface area (Å²) in [5.41, 5.74) is 0.458. The average molecular weight is 220 g/mol. The lowest BCUT2D eigenvalue weighted by Crippen LogP contribution is -2.10. The van der Waals surface area contributed by atoms with Crippen molar-refractivity contribution in [3.63, 3.8) is 0 Å². The van der Waals surface area contributed by atoms with Crippen molar-refractivity contribution in [3.8, 4) is 17.2 Å². The average Bonchev–Trinajstić information content (AvgIpc) is 2.28. The third-order valence-electron chi connectivity index (χ3n) is 2.51. The van der Waals surface area contributed by atoms with E-state index in [4.69, 9.17) is 9.47 Å². The molecule has 1 aromatic carbocycles. The van der Waals surface area contributed by atoms with Crippen molar-refractivity contribution in [1.29, 1.82) is 0 Å². The van der Waals surface area contributed by atoms with Gasteiger partial charge in [0.15, 0.2) is 11.5 Å². The van der Waals surface area contributed by atoms with E-state index < -0.39 is 5.92 Å². The van der Waals surface area contributed by atoms with Crippen molar-refractivity contribution in [2.45, 2.75) is 12.8 Å². The molecule has 1 aliphatic rings. The Kier molecular flexibility index (Phi) is 2.56. The van der Waals surface area contributed by atoms with Gasteiger partial charge < -0.3 is 19.4 Å². The minimum Gasteiger partial charge on any atom is -0.507 e. The Balaban J connectivity index is 2.64. The second-order valence-corrected chi connectivity index (χ2v) is 3.57. The van der Waals surface area contributed by atoms with Crippen LogP contribution in [0.2, 0.25) is 0 Å². The highest BCUT2D eigenvalue weighted by Crippen LogP contribution is 2.44. The SMILES string of the molecule is COc1ccc(O)c2c1OC(C)=CC2C=O. The van der Waals surface area contributed by atoms with Gasteiger partial charge in [-0.2, -0.15) is 0 Å². The molecule has 1 unspecified atom stereocenters. The van der Waals surface area contributed by atoms with Gasteiger partial charge in [-0.3, -0.25) is 0 Å². The molecule has 0 bridgehead atoms. The molecule has 0 aromatic heterocycles. The monoisotopic (exact) mass is 220 g/mol. The minimum atomic E-state index is -0.487. The summed E-state index contributed by atoms with van der Waals surface area (Å²) in [6, 6.07) is 3.10. The number of methoxy groups -OCH3 is 1. The Morgan fingerprint density at radius 2 is 2.25 bits per heavy atom. The highest BCUT2D eigenvalue weighted by molar-refractivity contribution is 5.73. The number of phenolic OH excluding ortho intramolecular Hbond substituents is 1. The van der Waals surface area contributed by atoms with Crippen LogP contribution in [0.1, 0.15) is 18.4 Å². The summed E-state index contributed by atoms with van der Waals surface area (Å²) in [5, 5.41) is 9.74. The van der Waals surface area contributed by atoms with E-state index in [1.54, 1.807) is 19.1 Å². The van der Waals surface area contributed by atoms with Gasteiger partial charge in [-0.1, -0.05) is 0 Å². The molecule has 84 valence electrons. The molecule has 0 radical (unpaired) electrons. The summed E-state index contributed by atoms with van der Waals surface area (Å²) in [5.74, 6) is 1.09. The maximum absolute atomic E-state index is 11.0. The zero-order valence-corrected chi connectivity index (χ0v) is 9.06. The number of fused-ring (bicyclic) bond motifs is 1. The minimum absolute atomic E-state index is 0.0386. The fourth-order valence-electron chi connectivity index (χ4n) is 1.80. The highest BCUT2D eigenvalue weighted by atomic mass is 16.5. The summed E-state index contributed by atoms with van der Waals surface area (Å²) in [6.07, 6.45) is 2.43. The first-order valence-electron chi connectivity index (χ1n) is 4.88. The van der Waals surface area contributed by atoms with E-state index in [9.17, 15) is 9.90 Å². The van der Waals surface area contributed by atoms with Gasteiger partial charge in [-0.25, -0.2) is 0 Å². The number of carbonyl (C=O) groups is 1. The molecule has 4 heteroatoms. The van der Waals surface area contributed by atoms with Gasteiger partial charge in [0.25, 0.3) is 0 Å². The van der Waals surface area contributed by atoms with E-state index in [0.29, 0.717) is 22.8 Å². The molecular weight excluding hydrogens is 208 g/mol. The highest BCUT2D eigenvalue weighted by Gasteiger charge is 2.26. The van der Waals surface area contributed by atoms with E-state index in [-0.39, 0.29) is 5.75 Å². The summed E-state index contributed by atoms with van der Waals surface area (Å²) in [6.45, 7) is 1.75. The van der Waals surface area contributed by atoms with Crippen LogP contribution in [-0.4, -0.2) is 18.5 Å². The van der Waals surface area contributed by atoms with Crippen molar-refractivity contribution in [3.05, 3.63) is 29.5 Å².